The molecule has 136 valence electrons. The fourth-order valence-electron chi connectivity index (χ4n) is 3.54. The number of alkyl halides is 2. The van der Waals surface area contributed by atoms with Crippen LogP contribution in [-0.4, -0.2) is 30.6 Å². The fraction of sp³-hybridized carbons (Fsp3) is 0.529. The minimum Gasteiger partial charge on any atom is -0.485 e. The molecule has 3 rings (SSSR count). The average molecular weight is 351 g/mol. The average Bonchev–Trinajstić information content (AvgIpc) is 2.54. The number of hydrogen-bond acceptors (Lipinski definition) is 6. The molecule has 0 aromatic heterocycles. The minimum atomic E-state index is -2.56. The van der Waals surface area contributed by atoms with Crippen LogP contribution in [0.4, 0.5) is 14.5 Å². The van der Waals surface area contributed by atoms with Crippen molar-refractivity contribution in [2.45, 2.75) is 51.1 Å². The van der Waals surface area contributed by atoms with Crippen molar-refractivity contribution in [3.63, 3.8) is 0 Å². The zero-order valence-electron chi connectivity index (χ0n) is 14.2. The molecule has 0 bridgehead atoms. The van der Waals surface area contributed by atoms with Crippen LogP contribution >= 0.6 is 0 Å². The van der Waals surface area contributed by atoms with E-state index in [1.165, 1.54) is 0 Å². The van der Waals surface area contributed by atoms with Crippen LogP contribution in [0.5, 0.6) is 5.75 Å². The molecule has 4 N–H and O–H groups in total. The molecule has 0 saturated heterocycles. The van der Waals surface area contributed by atoms with Crippen LogP contribution in [0, 0.1) is 6.92 Å². The molecule has 1 saturated carbocycles. The lowest BCUT2D eigenvalue weighted by atomic mass is 9.87. The third kappa shape index (κ3) is 3.52. The van der Waals surface area contributed by atoms with E-state index in [2.05, 4.69) is 9.98 Å². The van der Waals surface area contributed by atoms with E-state index in [-0.39, 0.29) is 11.9 Å². The quantitative estimate of drug-likeness (QED) is 0.873. The molecule has 1 aliphatic heterocycles. The van der Waals surface area contributed by atoms with E-state index < -0.39 is 18.7 Å². The Morgan fingerprint density at radius 3 is 2.64 bits per heavy atom. The number of rotatable bonds is 4. The summed E-state index contributed by atoms with van der Waals surface area (Å²) >= 11 is 0. The predicted octanol–water partition coefficient (Wildman–Crippen LogP) is 2.75. The first-order valence-electron chi connectivity index (χ1n) is 8.43. The number of halogens is 2. The third-order valence-electron chi connectivity index (χ3n) is 4.57. The molecular formula is C17H23F2N5O. The van der Waals surface area contributed by atoms with Crippen LogP contribution in [0.2, 0.25) is 0 Å². The largest absolute Gasteiger partial charge is 0.485 e. The monoisotopic (exact) mass is 351 g/mol. The number of anilines is 1. The topological polar surface area (TPSA) is 89.2 Å². The van der Waals surface area contributed by atoms with Crippen LogP contribution in [0.25, 0.3) is 0 Å². The van der Waals surface area contributed by atoms with E-state index in [1.54, 1.807) is 11.0 Å². The van der Waals surface area contributed by atoms with Gasteiger partial charge in [0.25, 0.3) is 6.43 Å². The van der Waals surface area contributed by atoms with Crippen LogP contribution in [0.3, 0.4) is 0 Å². The molecule has 6 nitrogen and oxygen atoms in total. The normalized spacial score (nSPS) is 19.8. The second kappa shape index (κ2) is 6.85. The smallest absolute Gasteiger partial charge is 0.272 e. The lowest BCUT2D eigenvalue weighted by Gasteiger charge is -2.46. The second-order valence-corrected chi connectivity index (χ2v) is 6.49. The Bertz CT molecular complexity index is 698. The van der Waals surface area contributed by atoms with Crippen molar-refractivity contribution < 1.29 is 13.5 Å². The number of hydrogen-bond donors (Lipinski definition) is 2. The van der Waals surface area contributed by atoms with E-state index in [0.29, 0.717) is 11.4 Å². The highest BCUT2D eigenvalue weighted by atomic mass is 19.3. The van der Waals surface area contributed by atoms with Crippen LogP contribution in [-0.2, 0) is 0 Å². The zero-order valence-corrected chi connectivity index (χ0v) is 14.2. The molecule has 1 spiro atoms. The number of nitrogens with two attached hydrogens (primary N) is 2. The molecule has 0 unspecified atom stereocenters. The van der Waals surface area contributed by atoms with Crippen LogP contribution < -0.4 is 21.1 Å². The van der Waals surface area contributed by atoms with Gasteiger partial charge in [-0.25, -0.2) is 13.8 Å². The van der Waals surface area contributed by atoms with Crippen LogP contribution in [0.15, 0.2) is 28.2 Å². The fourth-order valence-corrected chi connectivity index (χ4v) is 3.54. The summed E-state index contributed by atoms with van der Waals surface area (Å²) in [6.45, 7) is 1.19. The molecule has 8 heteroatoms. The van der Waals surface area contributed by atoms with Gasteiger partial charge in [0.1, 0.15) is 18.0 Å². The molecule has 0 atom stereocenters. The summed E-state index contributed by atoms with van der Waals surface area (Å²) in [5, 5.41) is 0. The Morgan fingerprint density at radius 1 is 1.24 bits per heavy atom. The first-order valence-corrected chi connectivity index (χ1v) is 8.43. The van der Waals surface area contributed by atoms with Crippen molar-refractivity contribution in [1.29, 1.82) is 0 Å². The zero-order chi connectivity index (χ0) is 18.0. The lowest BCUT2D eigenvalue weighted by Crippen LogP contribution is -2.58. The molecule has 1 fully saturated rings. The third-order valence-corrected chi connectivity index (χ3v) is 4.57. The maximum absolute atomic E-state index is 12.6. The van der Waals surface area contributed by atoms with Gasteiger partial charge in [-0.2, -0.15) is 4.99 Å². The van der Waals surface area contributed by atoms with Crippen molar-refractivity contribution in [2.75, 3.05) is 11.5 Å². The summed E-state index contributed by atoms with van der Waals surface area (Å²) < 4.78 is 30.7. The molecular weight excluding hydrogens is 328 g/mol. The van der Waals surface area contributed by atoms with E-state index in [1.807, 2.05) is 19.1 Å². The number of ether oxygens (including phenoxy) is 1. The number of guanidine groups is 2. The van der Waals surface area contributed by atoms with Crippen molar-refractivity contribution in [3.8, 4) is 5.75 Å². The van der Waals surface area contributed by atoms with Crippen LogP contribution in [0.1, 0.15) is 37.7 Å². The van der Waals surface area contributed by atoms with Gasteiger partial charge < -0.3 is 16.2 Å². The number of nitrogens with zero attached hydrogens (tertiary/aromatic N) is 3. The summed E-state index contributed by atoms with van der Waals surface area (Å²) in [5.41, 5.74) is 12.9. The molecule has 25 heavy (non-hydrogen) atoms. The van der Waals surface area contributed by atoms with Crippen molar-refractivity contribution in [1.82, 2.24) is 0 Å². The number of aryl methyl sites for hydroxylation is 1. The highest BCUT2D eigenvalue weighted by molar-refractivity contribution is 6.06. The molecule has 0 amide bonds. The first-order chi connectivity index (χ1) is 11.9. The second-order valence-electron chi connectivity index (χ2n) is 6.49. The maximum atomic E-state index is 12.6. The van der Waals surface area contributed by atoms with Gasteiger partial charge in [-0.1, -0.05) is 12.5 Å². The highest BCUT2D eigenvalue weighted by Gasteiger charge is 2.43. The van der Waals surface area contributed by atoms with Crippen molar-refractivity contribution in [3.05, 3.63) is 23.8 Å². The van der Waals surface area contributed by atoms with E-state index in [0.717, 1.165) is 37.7 Å². The van der Waals surface area contributed by atoms with E-state index in [9.17, 15) is 8.78 Å². The molecule has 1 heterocycles. The Balaban J connectivity index is 2.05. The summed E-state index contributed by atoms with van der Waals surface area (Å²) in [6.07, 6.45) is 2.07. The molecule has 1 aromatic rings. The minimum absolute atomic E-state index is 0.151. The summed E-state index contributed by atoms with van der Waals surface area (Å²) in [7, 11) is 0. The molecule has 2 aliphatic rings. The Labute approximate surface area is 145 Å². The first kappa shape index (κ1) is 17.4. The maximum Gasteiger partial charge on any atom is 0.272 e. The summed E-state index contributed by atoms with van der Waals surface area (Å²) in [5.74, 6) is 0.706. The molecule has 0 radical (unpaired) electrons. The molecule has 1 aromatic carbocycles. The van der Waals surface area contributed by atoms with E-state index >= 15 is 0 Å². The Kier molecular flexibility index (Phi) is 4.78. The van der Waals surface area contributed by atoms with Gasteiger partial charge >= 0.3 is 0 Å². The summed E-state index contributed by atoms with van der Waals surface area (Å²) in [6, 6.07) is 5.42. The Hall–Kier alpha value is -2.38. The SMILES string of the molecule is Cc1ccc(N2C(N)=NC(N)=NC23CCCCC3)c(OCC(F)F)c1. The van der Waals surface area contributed by atoms with Gasteiger partial charge in [0.05, 0.1) is 5.69 Å². The van der Waals surface area contributed by atoms with Gasteiger partial charge in [-0.15, -0.1) is 0 Å². The van der Waals surface area contributed by atoms with Gasteiger partial charge in [0, 0.05) is 0 Å². The van der Waals surface area contributed by atoms with E-state index in [4.69, 9.17) is 16.2 Å². The lowest BCUT2D eigenvalue weighted by molar-refractivity contribution is 0.0820. The van der Waals surface area contributed by atoms with Gasteiger partial charge in [-0.3, -0.25) is 4.90 Å². The van der Waals surface area contributed by atoms with Gasteiger partial charge in [-0.05, 0) is 50.3 Å². The van der Waals surface area contributed by atoms with Gasteiger partial charge in [0.15, 0.2) is 0 Å². The predicted molar refractivity (Wildman–Crippen MR) is 94.2 cm³/mol. The van der Waals surface area contributed by atoms with Crippen molar-refractivity contribution >= 4 is 17.6 Å². The highest BCUT2D eigenvalue weighted by Crippen LogP contribution is 2.42. The summed E-state index contributed by atoms with van der Waals surface area (Å²) in [4.78, 5) is 10.5. The standard InChI is InChI=1S/C17H23F2N5O/c1-11-5-6-12(13(9-11)25-10-14(18)19)24-16(21)22-15(20)23-17(24)7-3-2-4-8-17/h5-6,9,14H,2-4,7-8,10H2,1H3,(H4,20,21,22,23). The molecule has 1 aliphatic carbocycles. The Morgan fingerprint density at radius 2 is 1.96 bits per heavy atom. The van der Waals surface area contributed by atoms with Gasteiger partial charge in [0.2, 0.25) is 11.9 Å². The number of aliphatic imine (C=N–C) groups is 2. The number of benzene rings is 1. The van der Waals surface area contributed by atoms with Crippen molar-refractivity contribution in [2.24, 2.45) is 21.5 Å².